The molecule has 0 aromatic carbocycles. The molecular weight excluding hydrogens is 411 g/mol. The Balaban J connectivity index is 1.74. The lowest BCUT2D eigenvalue weighted by atomic mass is 9.94. The van der Waals surface area contributed by atoms with Crippen LogP contribution in [-0.2, 0) is 9.84 Å². The molecule has 0 unspecified atom stereocenters. The molecule has 0 saturated carbocycles. The minimum atomic E-state index is -4.30. The fourth-order valence-corrected chi connectivity index (χ4v) is 4.90. The third-order valence-corrected chi connectivity index (χ3v) is 6.70. The van der Waals surface area contributed by atoms with Crippen molar-refractivity contribution in [2.24, 2.45) is 0 Å². The summed E-state index contributed by atoms with van der Waals surface area (Å²) >= 11 is 0. The van der Waals surface area contributed by atoms with Crippen LogP contribution in [0.4, 0.5) is 13.2 Å². The van der Waals surface area contributed by atoms with Gasteiger partial charge in [-0.2, -0.15) is 13.2 Å². The number of nitrogens with one attached hydrogen (secondary N) is 1. The minimum absolute atomic E-state index is 0.0204. The number of nitrogens with zero attached hydrogens (tertiary/aromatic N) is 2. The second-order valence-electron chi connectivity index (χ2n) is 7.52. The van der Waals surface area contributed by atoms with E-state index in [1.165, 1.54) is 12.3 Å². The number of pyridine rings is 1. The van der Waals surface area contributed by atoms with Crippen molar-refractivity contribution in [3.63, 3.8) is 0 Å². The van der Waals surface area contributed by atoms with Crippen LogP contribution in [0, 0.1) is 6.92 Å². The Kier molecular flexibility index (Phi) is 5.54. The highest BCUT2D eigenvalue weighted by Gasteiger charge is 2.35. The normalized spacial score (nSPS) is 18.5. The fourth-order valence-electron chi connectivity index (χ4n) is 3.17. The van der Waals surface area contributed by atoms with Crippen molar-refractivity contribution in [1.82, 2.24) is 14.7 Å². The first kappa shape index (κ1) is 21.4. The minimum Gasteiger partial charge on any atom is -0.492 e. The standard InChI is InChI=1S/C18H22F3N3O4S/c1-12-15(16(25)23-17(2)6-9-29(26,27)10-7-17)22-14-4-3-13(11-24(12)14)28-8-5-18(19,20)21/h3-4,11H,5-10H2,1-2H3,(H,23,25). The lowest BCUT2D eigenvalue weighted by Crippen LogP contribution is -2.51. The number of carbonyl (C=O) groups is 1. The van der Waals surface area contributed by atoms with Crippen LogP contribution >= 0.6 is 0 Å². The van der Waals surface area contributed by atoms with Gasteiger partial charge in [-0.15, -0.1) is 0 Å². The zero-order valence-corrected chi connectivity index (χ0v) is 16.9. The zero-order valence-electron chi connectivity index (χ0n) is 16.0. The van der Waals surface area contributed by atoms with Crippen LogP contribution in [0.15, 0.2) is 18.3 Å². The van der Waals surface area contributed by atoms with Gasteiger partial charge in [-0.3, -0.25) is 9.20 Å². The summed E-state index contributed by atoms with van der Waals surface area (Å²) in [5.74, 6) is -0.148. The molecule has 3 heterocycles. The summed E-state index contributed by atoms with van der Waals surface area (Å²) < 4.78 is 66.8. The SMILES string of the molecule is Cc1c(C(=O)NC2(C)CCS(=O)(=O)CC2)nc2ccc(OCCC(F)(F)F)cn12. The Hall–Kier alpha value is -2.30. The van der Waals surface area contributed by atoms with Crippen molar-refractivity contribution in [3.8, 4) is 5.75 Å². The summed E-state index contributed by atoms with van der Waals surface area (Å²) in [6, 6.07) is 3.05. The van der Waals surface area contributed by atoms with E-state index in [0.29, 0.717) is 24.2 Å². The van der Waals surface area contributed by atoms with Gasteiger partial charge in [0.25, 0.3) is 5.91 Å². The predicted molar refractivity (Wildman–Crippen MR) is 99.9 cm³/mol. The number of fused-ring (bicyclic) bond motifs is 1. The number of rotatable bonds is 5. The first-order chi connectivity index (χ1) is 13.4. The van der Waals surface area contributed by atoms with Crippen molar-refractivity contribution in [2.45, 2.75) is 44.8 Å². The Bertz CT molecular complexity index is 1020. The fraction of sp³-hybridized carbons (Fsp3) is 0.556. The zero-order chi connectivity index (χ0) is 21.4. The lowest BCUT2D eigenvalue weighted by molar-refractivity contribution is -0.139. The average molecular weight is 433 g/mol. The molecule has 0 radical (unpaired) electrons. The van der Waals surface area contributed by atoms with Gasteiger partial charge in [0.05, 0.1) is 36.4 Å². The van der Waals surface area contributed by atoms with Gasteiger partial charge in [0.2, 0.25) is 0 Å². The van der Waals surface area contributed by atoms with Crippen molar-refractivity contribution < 1.29 is 31.1 Å². The van der Waals surface area contributed by atoms with Crippen LogP contribution in [0.25, 0.3) is 5.65 Å². The molecular formula is C18H22F3N3O4S. The molecule has 0 spiro atoms. The number of amides is 1. The van der Waals surface area contributed by atoms with Crippen LogP contribution in [-0.4, -0.2) is 53.5 Å². The van der Waals surface area contributed by atoms with E-state index in [9.17, 15) is 26.4 Å². The van der Waals surface area contributed by atoms with Gasteiger partial charge in [-0.1, -0.05) is 0 Å². The Labute approximate surface area is 166 Å². The number of halogens is 3. The molecule has 1 N–H and O–H groups in total. The van der Waals surface area contributed by atoms with Crippen molar-refractivity contribution >= 4 is 21.4 Å². The first-order valence-electron chi connectivity index (χ1n) is 9.09. The maximum atomic E-state index is 12.7. The third-order valence-electron chi connectivity index (χ3n) is 5.04. The maximum absolute atomic E-state index is 12.7. The number of ether oxygens (including phenoxy) is 1. The molecule has 2 aromatic heterocycles. The van der Waals surface area contributed by atoms with Gasteiger partial charge in [-0.05, 0) is 38.8 Å². The maximum Gasteiger partial charge on any atom is 0.392 e. The first-order valence-corrected chi connectivity index (χ1v) is 10.9. The third kappa shape index (κ3) is 5.20. The van der Waals surface area contributed by atoms with Crippen LogP contribution < -0.4 is 10.1 Å². The molecule has 7 nitrogen and oxygen atoms in total. The smallest absolute Gasteiger partial charge is 0.392 e. The van der Waals surface area contributed by atoms with E-state index in [2.05, 4.69) is 10.3 Å². The van der Waals surface area contributed by atoms with Gasteiger partial charge in [0.15, 0.2) is 0 Å². The molecule has 11 heteroatoms. The summed E-state index contributed by atoms with van der Waals surface area (Å²) in [6.07, 6.45) is -3.22. The molecule has 2 aromatic rings. The van der Waals surface area contributed by atoms with Crippen LogP contribution in [0.5, 0.6) is 5.75 Å². The van der Waals surface area contributed by atoms with Crippen molar-refractivity contribution in [1.29, 1.82) is 0 Å². The van der Waals surface area contributed by atoms with E-state index in [1.54, 1.807) is 24.3 Å². The molecule has 29 heavy (non-hydrogen) atoms. The van der Waals surface area contributed by atoms with Crippen molar-refractivity contribution in [2.75, 3.05) is 18.1 Å². The van der Waals surface area contributed by atoms with Crippen LogP contribution in [0.1, 0.15) is 42.4 Å². The number of alkyl halides is 3. The number of carbonyl (C=O) groups excluding carboxylic acids is 1. The Morgan fingerprint density at radius 3 is 2.59 bits per heavy atom. The number of aromatic nitrogens is 2. The molecule has 1 fully saturated rings. The molecule has 1 aliphatic rings. The quantitative estimate of drug-likeness (QED) is 0.783. The molecule has 1 saturated heterocycles. The number of hydrogen-bond acceptors (Lipinski definition) is 5. The largest absolute Gasteiger partial charge is 0.492 e. The second-order valence-corrected chi connectivity index (χ2v) is 9.82. The molecule has 3 rings (SSSR count). The monoisotopic (exact) mass is 433 g/mol. The van der Waals surface area contributed by atoms with E-state index < -0.39 is 40.5 Å². The molecule has 0 bridgehead atoms. The van der Waals surface area contributed by atoms with E-state index in [1.807, 2.05) is 0 Å². The Morgan fingerprint density at radius 1 is 1.31 bits per heavy atom. The highest BCUT2D eigenvalue weighted by Crippen LogP contribution is 2.25. The summed E-state index contributed by atoms with van der Waals surface area (Å²) in [4.78, 5) is 17.0. The predicted octanol–water partition coefficient (Wildman–Crippen LogP) is 2.67. The van der Waals surface area contributed by atoms with Gasteiger partial charge in [0.1, 0.15) is 26.9 Å². The molecule has 1 amide bonds. The number of aryl methyl sites for hydroxylation is 1. The molecule has 160 valence electrons. The van der Waals surface area contributed by atoms with Gasteiger partial charge in [0, 0.05) is 5.54 Å². The highest BCUT2D eigenvalue weighted by atomic mass is 32.2. The lowest BCUT2D eigenvalue weighted by Gasteiger charge is -2.34. The number of imidazole rings is 1. The average Bonchev–Trinajstić information content (AvgIpc) is 2.94. The summed E-state index contributed by atoms with van der Waals surface area (Å²) in [7, 11) is -3.06. The number of sulfone groups is 1. The van der Waals surface area contributed by atoms with E-state index >= 15 is 0 Å². The van der Waals surface area contributed by atoms with Gasteiger partial charge >= 0.3 is 6.18 Å². The highest BCUT2D eigenvalue weighted by molar-refractivity contribution is 7.91. The topological polar surface area (TPSA) is 89.8 Å². The molecule has 1 aliphatic heterocycles. The molecule has 0 atom stereocenters. The summed E-state index contributed by atoms with van der Waals surface area (Å²) in [5, 5.41) is 2.88. The van der Waals surface area contributed by atoms with Crippen LogP contribution in [0.2, 0.25) is 0 Å². The van der Waals surface area contributed by atoms with Crippen LogP contribution in [0.3, 0.4) is 0 Å². The van der Waals surface area contributed by atoms with E-state index in [0.717, 1.165) is 0 Å². The summed E-state index contributed by atoms with van der Waals surface area (Å²) in [6.45, 7) is 2.97. The van der Waals surface area contributed by atoms with Gasteiger partial charge < -0.3 is 10.1 Å². The van der Waals surface area contributed by atoms with Crippen molar-refractivity contribution in [3.05, 3.63) is 29.7 Å². The molecule has 0 aliphatic carbocycles. The Morgan fingerprint density at radius 2 is 1.97 bits per heavy atom. The van der Waals surface area contributed by atoms with Gasteiger partial charge in [-0.25, -0.2) is 13.4 Å². The van der Waals surface area contributed by atoms with E-state index in [4.69, 9.17) is 4.74 Å². The van der Waals surface area contributed by atoms with E-state index in [-0.39, 0.29) is 22.9 Å². The number of hydrogen-bond donors (Lipinski definition) is 1. The summed E-state index contributed by atoms with van der Waals surface area (Å²) in [5.41, 5.74) is 0.487. The second kappa shape index (κ2) is 7.51.